The Morgan fingerprint density at radius 3 is 0.647 bits per heavy atom. The van der Waals surface area contributed by atoms with Gasteiger partial charge in [-0.3, -0.25) is 0 Å². The van der Waals surface area contributed by atoms with E-state index in [1.54, 1.807) is 0 Å². The second-order valence-corrected chi connectivity index (χ2v) is 46.0. The lowest BCUT2D eigenvalue weighted by Gasteiger charge is -2.34. The van der Waals surface area contributed by atoms with Crippen molar-refractivity contribution in [3.63, 3.8) is 0 Å². The summed E-state index contributed by atoms with van der Waals surface area (Å²) in [6.45, 7) is 6.47. The van der Waals surface area contributed by atoms with Gasteiger partial charge in [-0.1, -0.05) is 414 Å². The summed E-state index contributed by atoms with van der Waals surface area (Å²) in [4.78, 5) is 2.46. The lowest BCUT2D eigenvalue weighted by atomic mass is 10.1. The van der Waals surface area contributed by atoms with Gasteiger partial charge >= 0.3 is 0 Å². The Bertz CT molecular complexity index is 7440. The lowest BCUT2D eigenvalue weighted by molar-refractivity contribution is 1.17. The van der Waals surface area contributed by atoms with Crippen molar-refractivity contribution in [3.8, 4) is 17.1 Å². The Labute approximate surface area is 786 Å². The summed E-state index contributed by atoms with van der Waals surface area (Å²) in [5, 5.41) is 27.2. The molecular weight excluding hydrogens is 1660 g/mol. The minimum Gasteiger partial charge on any atom is -0.356 e. The Morgan fingerprint density at radius 2 is 0.391 bits per heavy atom. The van der Waals surface area contributed by atoms with Crippen molar-refractivity contribution in [3.05, 3.63) is 532 Å². The number of aryl methyl sites for hydroxylation is 3. The second kappa shape index (κ2) is 36.5. The predicted molar refractivity (Wildman–Crippen MR) is 583 cm³/mol. The van der Waals surface area contributed by atoms with Gasteiger partial charge in [0.05, 0.1) is 33.1 Å². The van der Waals surface area contributed by atoms with Crippen LogP contribution in [0.1, 0.15) is 34.4 Å². The number of anilines is 5. The number of rotatable bonds is 20. The van der Waals surface area contributed by atoms with Gasteiger partial charge in [0.25, 0.3) is 0 Å². The second-order valence-electron chi connectivity index (χ2n) is 34.5. The summed E-state index contributed by atoms with van der Waals surface area (Å²) < 4.78 is 7.35. The summed E-state index contributed by atoms with van der Waals surface area (Å²) in [5.74, 6) is 0. The molecule has 3 aromatic heterocycles. The van der Waals surface area contributed by atoms with Gasteiger partial charge in [0.2, 0.25) is 0 Å². The van der Waals surface area contributed by atoms with Crippen LogP contribution in [0.4, 0.5) is 28.4 Å². The molecule has 20 aromatic carbocycles. The van der Waals surface area contributed by atoms with Crippen molar-refractivity contribution >= 4 is 180 Å². The van der Waals surface area contributed by atoms with E-state index in [-0.39, 0.29) is 17.7 Å². The Balaban J connectivity index is 0.000000206. The summed E-state index contributed by atoms with van der Waals surface area (Å²) in [5.41, 5.74) is 19.6. The first kappa shape index (κ1) is 85.2. The van der Waals surface area contributed by atoms with Crippen LogP contribution in [-0.2, 0) is 0 Å². The van der Waals surface area contributed by atoms with Gasteiger partial charge in [-0.15, -0.1) is 0 Å². The van der Waals surface area contributed by atoms with E-state index >= 15 is 0 Å². The molecule has 0 aliphatic carbocycles. The van der Waals surface area contributed by atoms with Crippen LogP contribution in [0.25, 0.3) is 82.5 Å². The van der Waals surface area contributed by atoms with Crippen LogP contribution >= 0.6 is 0 Å². The van der Waals surface area contributed by atoms with Crippen LogP contribution in [0.2, 0.25) is 0 Å². The standard InChI is InChI=1S/C80H61N3Si2.C43H34N2Si.2CH4.2H2/c1-58-38-42-61(43-39-58)82-77-50-46-63(54-73(77)75-56-71(48-52-79(75)82)84(65-26-12-4-13-27-65,66-28-14-5-15-29-66)67-30-16-6-17-31-67)81(60-24-10-3-11-25-60)64-47-51-78-74(55-64)76-57-72(49-53-80(76)83(78)62-44-40-59(2)41-45-62)85(68-32-18-7-19-33-68,69-34-20-8-21-35-69)70-36-22-9-23-37-70;1-32-22-25-35(26-23-32)45-42-28-24-34(44-33-14-6-2-7-15-33)30-40(42)41-31-39(27-29-43(41)45)46(36-16-8-3-9-17-36,37-18-10-4-11-19-37)38-20-12-5-13-21-38;;;;/h3-57H,1-2H3;2-31,44H,1H3;2*1H4;2*1H. The number of nitrogens with one attached hydrogen (secondary N) is 1. The van der Waals surface area contributed by atoms with E-state index in [0.29, 0.717) is 0 Å². The van der Waals surface area contributed by atoms with Gasteiger partial charge in [0.15, 0.2) is 24.2 Å². The fraction of sp³-hybridized carbons (Fsp3) is 0.0400. The highest BCUT2D eigenvalue weighted by molar-refractivity contribution is 7.21. The predicted octanol–water partition coefficient (Wildman–Crippen LogP) is 24.7. The highest BCUT2D eigenvalue weighted by Crippen LogP contribution is 2.44. The van der Waals surface area contributed by atoms with E-state index in [9.17, 15) is 0 Å². The minimum absolute atomic E-state index is 0. The summed E-state index contributed by atoms with van der Waals surface area (Å²) >= 11 is 0. The summed E-state index contributed by atoms with van der Waals surface area (Å²) in [7, 11) is -8.46. The van der Waals surface area contributed by atoms with Gasteiger partial charge in [-0.05, 0) is 216 Å². The molecular formula is C125H107N5Si3. The molecule has 1 N–H and O–H groups in total. The first-order valence-corrected chi connectivity index (χ1v) is 51.3. The molecule has 0 bridgehead atoms. The van der Waals surface area contributed by atoms with Crippen LogP contribution in [0.5, 0.6) is 0 Å². The van der Waals surface area contributed by atoms with Crippen LogP contribution in [0, 0.1) is 20.8 Å². The average Bonchev–Trinajstić information content (AvgIpc) is 1.67. The molecule has 8 heteroatoms. The quantitative estimate of drug-likeness (QED) is 0.0609. The third-order valence-electron chi connectivity index (χ3n) is 26.9. The molecule has 3 heterocycles. The maximum absolute atomic E-state index is 3.64. The molecule has 0 atom stereocenters. The molecule has 0 saturated heterocycles. The van der Waals surface area contributed by atoms with Crippen LogP contribution in [-0.4, -0.2) is 37.9 Å². The largest absolute Gasteiger partial charge is 0.356 e. The zero-order valence-electron chi connectivity index (χ0n) is 73.4. The van der Waals surface area contributed by atoms with Crippen molar-refractivity contribution < 1.29 is 2.85 Å². The zero-order valence-corrected chi connectivity index (χ0v) is 76.4. The molecule has 0 radical (unpaired) electrons. The fourth-order valence-corrected chi connectivity index (χ4v) is 35.2. The number of benzene rings is 20. The van der Waals surface area contributed by atoms with Gasteiger partial charge in [-0.2, -0.15) is 0 Å². The fourth-order valence-electron chi connectivity index (χ4n) is 20.9. The van der Waals surface area contributed by atoms with E-state index in [2.05, 4.69) is 554 Å². The molecule has 0 unspecified atom stereocenters. The lowest BCUT2D eigenvalue weighted by Crippen LogP contribution is -2.74. The zero-order chi connectivity index (χ0) is 87.8. The Kier molecular flexibility index (Phi) is 23.4. The van der Waals surface area contributed by atoms with E-state index in [1.165, 1.54) is 139 Å². The van der Waals surface area contributed by atoms with Crippen molar-refractivity contribution in [1.29, 1.82) is 0 Å². The molecule has 23 rings (SSSR count). The van der Waals surface area contributed by atoms with Gasteiger partial charge in [-0.25, -0.2) is 0 Å². The summed E-state index contributed by atoms with van der Waals surface area (Å²) in [6, 6.07) is 192. The van der Waals surface area contributed by atoms with Crippen molar-refractivity contribution in [2.75, 3.05) is 10.2 Å². The molecule has 5 nitrogen and oxygen atoms in total. The van der Waals surface area contributed by atoms with Gasteiger partial charge in [0.1, 0.15) is 0 Å². The molecule has 0 amide bonds. The number of nitrogens with zero attached hydrogens (tertiary/aromatic N) is 4. The third-order valence-corrected chi connectivity index (χ3v) is 41.2. The number of hydrogen-bond acceptors (Lipinski definition) is 2. The highest BCUT2D eigenvalue weighted by atomic mass is 28.3. The van der Waals surface area contributed by atoms with E-state index in [1.807, 2.05) is 6.07 Å². The topological polar surface area (TPSA) is 30.1 Å². The molecule has 23 aromatic rings. The number of fused-ring (bicyclic) bond motifs is 9. The highest BCUT2D eigenvalue weighted by Gasteiger charge is 2.45. The van der Waals surface area contributed by atoms with Crippen LogP contribution < -0.4 is 72.5 Å². The minimum atomic E-state index is -2.89. The molecule has 0 spiro atoms. The van der Waals surface area contributed by atoms with Crippen LogP contribution in [0.3, 0.4) is 0 Å². The molecule has 0 fully saturated rings. The Hall–Kier alpha value is -15.9. The normalized spacial score (nSPS) is 11.6. The molecule has 133 heavy (non-hydrogen) atoms. The third kappa shape index (κ3) is 15.1. The molecule has 0 aliphatic heterocycles. The van der Waals surface area contributed by atoms with E-state index in [4.69, 9.17) is 0 Å². The van der Waals surface area contributed by atoms with Gasteiger partial charge < -0.3 is 23.9 Å². The molecule has 0 aliphatic rings. The SMILES string of the molecule is C.C.Cc1ccc(-n2c3ccc(N(c4ccccc4)c4ccc5c(c4)c4cc([Si](c6ccccc6)(c6ccccc6)c6ccccc6)ccc4n5-c4ccc(C)cc4)cc3c3cc([Si](c4ccccc4)(c4ccccc4)c4ccccc4)ccc32)cc1.Cc1ccc(-n2c3ccc(Nc4ccccc4)cc3c3cc([Si](c4ccccc4)(c4ccccc4)c4ccccc4)ccc32)cc1.[HH].[HH]. The number of aromatic nitrogens is 3. The average molecular weight is 1760 g/mol. The van der Waals surface area contributed by atoms with Crippen molar-refractivity contribution in [2.24, 2.45) is 0 Å². The smallest absolute Gasteiger partial charge is 0.179 e. The number of para-hydroxylation sites is 2. The van der Waals surface area contributed by atoms with Crippen molar-refractivity contribution in [1.82, 2.24) is 13.7 Å². The maximum Gasteiger partial charge on any atom is 0.179 e. The van der Waals surface area contributed by atoms with Crippen molar-refractivity contribution in [2.45, 2.75) is 35.6 Å². The van der Waals surface area contributed by atoms with E-state index in [0.717, 1.165) is 50.8 Å². The van der Waals surface area contributed by atoms with Gasteiger partial charge in [0, 0.05) is 80.7 Å². The maximum atomic E-state index is 3.64. The first-order valence-electron chi connectivity index (χ1n) is 45.3. The Morgan fingerprint density at radius 1 is 0.180 bits per heavy atom. The van der Waals surface area contributed by atoms with E-state index < -0.39 is 24.2 Å². The molecule has 0 saturated carbocycles. The molecule has 644 valence electrons. The number of hydrogen-bond donors (Lipinski definition) is 1. The first-order chi connectivity index (χ1) is 64.7. The monoisotopic (exact) mass is 1760 g/mol. The summed E-state index contributed by atoms with van der Waals surface area (Å²) in [6.07, 6.45) is 0. The van der Waals surface area contributed by atoms with Crippen LogP contribution in [0.15, 0.2) is 516 Å².